The Morgan fingerprint density at radius 3 is 2.39 bits per heavy atom. The highest BCUT2D eigenvalue weighted by Crippen LogP contribution is 2.38. The Balaban J connectivity index is 1.67. The zero-order chi connectivity index (χ0) is 13.1. The molecule has 0 amide bonds. The first-order valence-electron chi connectivity index (χ1n) is 6.36. The van der Waals surface area contributed by atoms with E-state index in [0.717, 1.165) is 5.92 Å². The van der Waals surface area contributed by atoms with Crippen LogP contribution >= 0.6 is 24.4 Å². The molecule has 0 unspecified atom stereocenters. The van der Waals surface area contributed by atoms with Gasteiger partial charge in [-0.2, -0.15) is 0 Å². The van der Waals surface area contributed by atoms with Crippen LogP contribution in [0.2, 0.25) is 0 Å². The molecule has 4 nitrogen and oxygen atoms in total. The molecular weight excluding hydrogens is 264 g/mol. The van der Waals surface area contributed by atoms with Gasteiger partial charge in [-0.3, -0.25) is 10.9 Å². The molecule has 2 rings (SSSR count). The van der Waals surface area contributed by atoms with Crippen LogP contribution in [0.5, 0.6) is 0 Å². The Morgan fingerprint density at radius 1 is 1.11 bits per heavy atom. The van der Waals surface area contributed by atoms with E-state index in [9.17, 15) is 0 Å². The van der Waals surface area contributed by atoms with Gasteiger partial charge in [-0.1, -0.05) is 12.2 Å². The lowest BCUT2D eigenvalue weighted by Crippen LogP contribution is -2.53. The minimum atomic E-state index is 0.309. The van der Waals surface area contributed by atoms with Crippen molar-refractivity contribution in [1.29, 1.82) is 0 Å². The molecule has 18 heavy (non-hydrogen) atoms. The number of thiocarbonyl (C=S) groups is 2. The molecule has 3 atom stereocenters. The molecule has 0 aliphatic heterocycles. The smallest absolute Gasteiger partial charge is 0.185 e. The van der Waals surface area contributed by atoms with Gasteiger partial charge in [-0.15, -0.1) is 0 Å². The van der Waals surface area contributed by atoms with Crippen LogP contribution in [0.15, 0.2) is 12.2 Å². The lowest BCUT2D eigenvalue weighted by atomic mass is 10.0. The van der Waals surface area contributed by atoms with Gasteiger partial charge in [0.05, 0.1) is 0 Å². The summed E-state index contributed by atoms with van der Waals surface area (Å²) in [5.41, 5.74) is 5.80. The molecule has 0 saturated heterocycles. The van der Waals surface area contributed by atoms with E-state index in [-0.39, 0.29) is 0 Å². The fraction of sp³-hybridized carbons (Fsp3) is 0.667. The highest BCUT2D eigenvalue weighted by atomic mass is 32.1. The van der Waals surface area contributed by atoms with Crippen LogP contribution < -0.4 is 21.5 Å². The summed E-state index contributed by atoms with van der Waals surface area (Å²) in [4.78, 5) is 0. The van der Waals surface area contributed by atoms with Crippen LogP contribution in [0.4, 0.5) is 0 Å². The zero-order valence-electron chi connectivity index (χ0n) is 10.7. The van der Waals surface area contributed by atoms with Crippen LogP contribution in [0.1, 0.15) is 26.7 Å². The van der Waals surface area contributed by atoms with E-state index >= 15 is 0 Å². The van der Waals surface area contributed by atoms with Crippen molar-refractivity contribution in [2.75, 3.05) is 0 Å². The lowest BCUT2D eigenvalue weighted by Gasteiger charge is -2.22. The Labute approximate surface area is 119 Å². The fourth-order valence-electron chi connectivity index (χ4n) is 2.56. The van der Waals surface area contributed by atoms with Gasteiger partial charge in [0, 0.05) is 12.1 Å². The maximum Gasteiger partial charge on any atom is 0.185 e. The minimum absolute atomic E-state index is 0.309. The van der Waals surface area contributed by atoms with Gasteiger partial charge in [-0.05, 0) is 63.0 Å². The van der Waals surface area contributed by atoms with Crippen LogP contribution in [0.3, 0.4) is 0 Å². The number of rotatable bonds is 2. The summed E-state index contributed by atoms with van der Waals surface area (Å²) in [5.74, 6) is 1.38. The molecule has 2 bridgehead atoms. The molecular formula is C12H20N4S2. The number of allylic oxidation sites excluding steroid dienone is 1. The Morgan fingerprint density at radius 2 is 1.83 bits per heavy atom. The molecule has 1 fully saturated rings. The number of hydrazine groups is 1. The van der Waals surface area contributed by atoms with Gasteiger partial charge in [0.2, 0.25) is 0 Å². The van der Waals surface area contributed by atoms with Gasteiger partial charge < -0.3 is 10.6 Å². The standard InChI is InChI=1S/C12H20N4S2/c1-7(2)13-11(17)15-16-12(18)14-10-6-8-3-4-9(10)5-8/h3-4,7-10H,5-6H2,1-2H3,(H2,13,15,17)(H2,14,16,18)/t8-,9+,10-/m1/s1. The average Bonchev–Trinajstić information content (AvgIpc) is 2.87. The van der Waals surface area contributed by atoms with Crippen molar-refractivity contribution < 1.29 is 0 Å². The summed E-state index contributed by atoms with van der Waals surface area (Å²) in [7, 11) is 0. The maximum absolute atomic E-state index is 5.24. The SMILES string of the molecule is CC(C)NC(=S)NNC(=S)N[C@@H]1C[C@@H]2C=C[C@H]1C2. The molecule has 0 radical (unpaired) electrons. The topological polar surface area (TPSA) is 48.1 Å². The number of hydrogen-bond donors (Lipinski definition) is 4. The molecule has 0 spiro atoms. The average molecular weight is 284 g/mol. The maximum atomic E-state index is 5.24. The molecule has 0 aromatic rings. The van der Waals surface area contributed by atoms with E-state index in [1.54, 1.807) is 0 Å². The molecule has 0 heterocycles. The van der Waals surface area contributed by atoms with Crippen molar-refractivity contribution in [3.63, 3.8) is 0 Å². The highest BCUT2D eigenvalue weighted by molar-refractivity contribution is 7.80. The second-order valence-corrected chi connectivity index (χ2v) is 6.05. The van der Waals surface area contributed by atoms with E-state index in [0.29, 0.717) is 28.2 Å². The Kier molecular flexibility index (Phi) is 4.40. The number of fused-ring (bicyclic) bond motifs is 2. The van der Waals surface area contributed by atoms with E-state index in [1.807, 2.05) is 13.8 Å². The molecule has 2 aliphatic carbocycles. The van der Waals surface area contributed by atoms with Crippen molar-refractivity contribution >= 4 is 34.7 Å². The molecule has 0 aromatic heterocycles. The van der Waals surface area contributed by atoms with E-state index < -0.39 is 0 Å². The van der Waals surface area contributed by atoms with Crippen LogP contribution in [-0.2, 0) is 0 Å². The van der Waals surface area contributed by atoms with E-state index in [4.69, 9.17) is 24.4 Å². The van der Waals surface area contributed by atoms with Crippen LogP contribution in [0.25, 0.3) is 0 Å². The monoisotopic (exact) mass is 284 g/mol. The molecule has 6 heteroatoms. The molecule has 100 valence electrons. The van der Waals surface area contributed by atoms with Crippen molar-refractivity contribution in [1.82, 2.24) is 21.5 Å². The van der Waals surface area contributed by atoms with Crippen molar-refractivity contribution in [2.45, 2.75) is 38.8 Å². The van der Waals surface area contributed by atoms with Crippen molar-refractivity contribution in [3.8, 4) is 0 Å². The summed E-state index contributed by atoms with van der Waals surface area (Å²) >= 11 is 10.3. The second kappa shape index (κ2) is 5.84. The first kappa shape index (κ1) is 13.5. The predicted octanol–water partition coefficient (Wildman–Crippen LogP) is 1.20. The quantitative estimate of drug-likeness (QED) is 0.347. The minimum Gasteiger partial charge on any atom is -0.359 e. The second-order valence-electron chi connectivity index (χ2n) is 5.24. The fourth-order valence-corrected chi connectivity index (χ4v) is 3.05. The van der Waals surface area contributed by atoms with Crippen LogP contribution in [0, 0.1) is 11.8 Å². The summed E-state index contributed by atoms with van der Waals surface area (Å²) < 4.78 is 0. The van der Waals surface area contributed by atoms with Crippen LogP contribution in [-0.4, -0.2) is 22.3 Å². The highest BCUT2D eigenvalue weighted by Gasteiger charge is 2.35. The van der Waals surface area contributed by atoms with Gasteiger partial charge in [0.25, 0.3) is 0 Å². The van der Waals surface area contributed by atoms with E-state index in [2.05, 4.69) is 33.6 Å². The zero-order valence-corrected chi connectivity index (χ0v) is 12.3. The predicted molar refractivity (Wildman–Crippen MR) is 82.0 cm³/mol. The third-order valence-electron chi connectivity index (χ3n) is 3.30. The normalized spacial score (nSPS) is 28.3. The van der Waals surface area contributed by atoms with Crippen molar-refractivity contribution in [3.05, 3.63) is 12.2 Å². The molecule has 4 N–H and O–H groups in total. The number of hydrogen-bond acceptors (Lipinski definition) is 2. The first-order chi connectivity index (χ1) is 8.54. The van der Waals surface area contributed by atoms with Gasteiger partial charge in [0.1, 0.15) is 0 Å². The summed E-state index contributed by atoms with van der Waals surface area (Å²) in [6, 6.07) is 0.775. The van der Waals surface area contributed by atoms with Gasteiger partial charge in [-0.25, -0.2) is 0 Å². The summed E-state index contributed by atoms with van der Waals surface area (Å²) in [6.07, 6.45) is 7.06. The number of nitrogens with one attached hydrogen (secondary N) is 4. The summed E-state index contributed by atoms with van der Waals surface area (Å²) in [6.45, 7) is 4.07. The summed E-state index contributed by atoms with van der Waals surface area (Å²) in [5, 5.41) is 7.58. The third kappa shape index (κ3) is 3.55. The van der Waals surface area contributed by atoms with E-state index in [1.165, 1.54) is 12.8 Å². The molecule has 2 aliphatic rings. The van der Waals surface area contributed by atoms with Crippen molar-refractivity contribution in [2.24, 2.45) is 11.8 Å². The Bertz CT molecular complexity index is 367. The first-order valence-corrected chi connectivity index (χ1v) is 7.17. The molecule has 1 saturated carbocycles. The third-order valence-corrected chi connectivity index (χ3v) is 3.74. The Hall–Kier alpha value is -0.880. The molecule has 0 aromatic carbocycles. The lowest BCUT2D eigenvalue weighted by molar-refractivity contribution is 0.518. The van der Waals surface area contributed by atoms with Gasteiger partial charge in [0.15, 0.2) is 10.2 Å². The van der Waals surface area contributed by atoms with Gasteiger partial charge >= 0.3 is 0 Å². The largest absolute Gasteiger partial charge is 0.359 e.